The number of alkyl carbamates (subject to hydrolysis) is 1. The lowest BCUT2D eigenvalue weighted by Crippen LogP contribution is -2.46. The number of hydrogen-bond acceptors (Lipinski definition) is 6. The van der Waals surface area contributed by atoms with Crippen LogP contribution in [0.1, 0.15) is 46.1 Å². The highest BCUT2D eigenvalue weighted by molar-refractivity contribution is 5.83. The first-order valence-corrected chi connectivity index (χ1v) is 10.2. The first-order chi connectivity index (χ1) is 14.1. The smallest absolute Gasteiger partial charge is 0.408 e. The summed E-state index contributed by atoms with van der Waals surface area (Å²) in [5.41, 5.74) is 0.404. The largest absolute Gasteiger partial charge is 0.458 e. The van der Waals surface area contributed by atoms with E-state index in [9.17, 15) is 14.4 Å². The highest BCUT2D eigenvalue weighted by Gasteiger charge is 2.29. The van der Waals surface area contributed by atoms with Crippen molar-refractivity contribution in [2.75, 3.05) is 19.7 Å². The van der Waals surface area contributed by atoms with Crippen molar-refractivity contribution in [2.45, 2.75) is 64.9 Å². The molecule has 30 heavy (non-hydrogen) atoms. The van der Waals surface area contributed by atoms with Crippen molar-refractivity contribution in [2.24, 2.45) is 0 Å². The second kappa shape index (κ2) is 11.0. The van der Waals surface area contributed by atoms with Gasteiger partial charge in [0.1, 0.15) is 12.2 Å². The van der Waals surface area contributed by atoms with E-state index < -0.39 is 23.8 Å². The standard InChI is InChI=1S/C22H32N2O6/c1-16(29-21(27)23-14-17-8-6-5-7-9-17)20(26)24-12-10-18(11-13-24)28-15-19(25)30-22(2,3)4/h5-9,16,18H,10-15H2,1-4H3,(H,23,27)/t16-/m0/s1. The fourth-order valence-corrected chi connectivity index (χ4v) is 3.08. The Morgan fingerprint density at radius 3 is 2.37 bits per heavy atom. The summed E-state index contributed by atoms with van der Waals surface area (Å²) in [5, 5.41) is 2.64. The molecular weight excluding hydrogens is 388 g/mol. The molecule has 1 aliphatic heterocycles. The van der Waals surface area contributed by atoms with Gasteiger partial charge in [0.15, 0.2) is 6.10 Å². The third-order valence-corrected chi connectivity index (χ3v) is 4.52. The second-order valence-corrected chi connectivity index (χ2v) is 8.31. The lowest BCUT2D eigenvalue weighted by Gasteiger charge is -2.33. The summed E-state index contributed by atoms with van der Waals surface area (Å²) in [6, 6.07) is 9.45. The van der Waals surface area contributed by atoms with E-state index >= 15 is 0 Å². The van der Waals surface area contributed by atoms with E-state index in [1.54, 1.807) is 32.6 Å². The number of carbonyl (C=O) groups is 3. The van der Waals surface area contributed by atoms with E-state index in [0.29, 0.717) is 32.5 Å². The summed E-state index contributed by atoms with van der Waals surface area (Å²) in [4.78, 5) is 37.9. The molecule has 8 heteroatoms. The van der Waals surface area contributed by atoms with Gasteiger partial charge in [0, 0.05) is 19.6 Å². The van der Waals surface area contributed by atoms with E-state index in [0.717, 1.165) is 5.56 Å². The van der Waals surface area contributed by atoms with Crippen molar-refractivity contribution in [3.05, 3.63) is 35.9 Å². The van der Waals surface area contributed by atoms with Gasteiger partial charge in [0.25, 0.3) is 5.91 Å². The molecule has 166 valence electrons. The number of piperidine rings is 1. The monoisotopic (exact) mass is 420 g/mol. The van der Waals surface area contributed by atoms with Crippen LogP contribution >= 0.6 is 0 Å². The van der Waals surface area contributed by atoms with Gasteiger partial charge >= 0.3 is 12.1 Å². The number of hydrogen-bond donors (Lipinski definition) is 1. The molecule has 0 saturated carbocycles. The Kier molecular flexibility index (Phi) is 8.65. The maximum absolute atomic E-state index is 12.5. The van der Waals surface area contributed by atoms with Crippen LogP contribution in [-0.2, 0) is 30.3 Å². The predicted molar refractivity (Wildman–Crippen MR) is 111 cm³/mol. The molecule has 1 N–H and O–H groups in total. The van der Waals surface area contributed by atoms with E-state index in [1.807, 2.05) is 30.3 Å². The maximum Gasteiger partial charge on any atom is 0.408 e. The Morgan fingerprint density at radius 1 is 1.13 bits per heavy atom. The van der Waals surface area contributed by atoms with Gasteiger partial charge in [-0.05, 0) is 46.1 Å². The zero-order valence-corrected chi connectivity index (χ0v) is 18.2. The van der Waals surface area contributed by atoms with Crippen LogP contribution in [0.3, 0.4) is 0 Å². The van der Waals surface area contributed by atoms with Gasteiger partial charge in [-0.3, -0.25) is 4.79 Å². The minimum absolute atomic E-state index is 0.100. The van der Waals surface area contributed by atoms with Crippen molar-refractivity contribution in [1.82, 2.24) is 10.2 Å². The third kappa shape index (κ3) is 8.41. The average molecular weight is 421 g/mol. The fraction of sp³-hybridized carbons (Fsp3) is 0.591. The number of likely N-dealkylation sites (tertiary alicyclic amines) is 1. The molecule has 1 fully saturated rings. The Balaban J connectivity index is 1.67. The van der Waals surface area contributed by atoms with Gasteiger partial charge < -0.3 is 24.4 Å². The molecule has 1 aromatic carbocycles. The van der Waals surface area contributed by atoms with Crippen molar-refractivity contribution in [3.63, 3.8) is 0 Å². The van der Waals surface area contributed by atoms with Gasteiger partial charge in [-0.15, -0.1) is 0 Å². The van der Waals surface area contributed by atoms with Gasteiger partial charge in [-0.25, -0.2) is 9.59 Å². The lowest BCUT2D eigenvalue weighted by atomic mass is 10.1. The van der Waals surface area contributed by atoms with Crippen molar-refractivity contribution >= 4 is 18.0 Å². The number of carbonyl (C=O) groups excluding carboxylic acids is 3. The molecule has 0 radical (unpaired) electrons. The minimum atomic E-state index is -0.875. The number of amides is 2. The molecule has 1 aromatic rings. The zero-order chi connectivity index (χ0) is 22.1. The first-order valence-electron chi connectivity index (χ1n) is 10.2. The third-order valence-electron chi connectivity index (χ3n) is 4.52. The number of rotatable bonds is 7. The molecular formula is C22H32N2O6. The van der Waals surface area contributed by atoms with Gasteiger partial charge in [-0.2, -0.15) is 0 Å². The van der Waals surface area contributed by atoms with Crippen molar-refractivity contribution < 1.29 is 28.6 Å². The molecule has 2 amide bonds. The Morgan fingerprint density at radius 2 is 1.77 bits per heavy atom. The summed E-state index contributed by atoms with van der Waals surface area (Å²) in [6.45, 7) is 8.18. The van der Waals surface area contributed by atoms with Crippen molar-refractivity contribution in [1.29, 1.82) is 0 Å². The summed E-state index contributed by atoms with van der Waals surface area (Å²) in [6.07, 6.45) is -0.384. The van der Waals surface area contributed by atoms with E-state index in [2.05, 4.69) is 5.32 Å². The molecule has 1 aliphatic rings. The zero-order valence-electron chi connectivity index (χ0n) is 18.2. The van der Waals surface area contributed by atoms with Gasteiger partial charge in [0.05, 0.1) is 6.10 Å². The average Bonchev–Trinajstić information content (AvgIpc) is 2.70. The first kappa shape index (κ1) is 23.7. The van der Waals surface area contributed by atoms with Crippen LogP contribution in [0.25, 0.3) is 0 Å². The number of nitrogens with one attached hydrogen (secondary N) is 1. The van der Waals surface area contributed by atoms with Crippen LogP contribution in [-0.4, -0.2) is 60.4 Å². The van der Waals surface area contributed by atoms with Crippen LogP contribution in [0.15, 0.2) is 30.3 Å². The summed E-state index contributed by atoms with van der Waals surface area (Å²) < 4.78 is 16.0. The van der Waals surface area contributed by atoms with Gasteiger partial charge in [-0.1, -0.05) is 30.3 Å². The molecule has 2 rings (SSSR count). The van der Waals surface area contributed by atoms with Crippen LogP contribution < -0.4 is 5.32 Å². The van der Waals surface area contributed by atoms with Crippen LogP contribution in [0.4, 0.5) is 4.79 Å². The van der Waals surface area contributed by atoms with Gasteiger partial charge in [0.2, 0.25) is 0 Å². The fourth-order valence-electron chi connectivity index (χ4n) is 3.08. The Labute approximate surface area is 177 Å². The molecule has 1 atom stereocenters. The number of benzene rings is 1. The minimum Gasteiger partial charge on any atom is -0.458 e. The number of ether oxygens (including phenoxy) is 3. The molecule has 0 unspecified atom stereocenters. The molecule has 1 heterocycles. The Hall–Kier alpha value is -2.61. The highest BCUT2D eigenvalue weighted by Crippen LogP contribution is 2.16. The van der Waals surface area contributed by atoms with Crippen molar-refractivity contribution in [3.8, 4) is 0 Å². The molecule has 0 bridgehead atoms. The molecule has 0 aliphatic carbocycles. The lowest BCUT2D eigenvalue weighted by molar-refractivity contribution is -0.164. The highest BCUT2D eigenvalue weighted by atomic mass is 16.6. The normalized spacial score (nSPS) is 15.9. The number of nitrogens with zero attached hydrogens (tertiary/aromatic N) is 1. The van der Waals surface area contributed by atoms with Crippen LogP contribution in [0.2, 0.25) is 0 Å². The maximum atomic E-state index is 12.5. The molecule has 0 aromatic heterocycles. The summed E-state index contributed by atoms with van der Waals surface area (Å²) in [5.74, 6) is -0.639. The van der Waals surface area contributed by atoms with Crippen LogP contribution in [0, 0.1) is 0 Å². The summed E-state index contributed by atoms with van der Waals surface area (Å²) >= 11 is 0. The van der Waals surface area contributed by atoms with E-state index in [1.165, 1.54) is 0 Å². The molecule has 1 saturated heterocycles. The predicted octanol–water partition coefficient (Wildman–Crippen LogP) is 2.65. The quantitative estimate of drug-likeness (QED) is 0.682. The van der Waals surface area contributed by atoms with Crippen LogP contribution in [0.5, 0.6) is 0 Å². The number of esters is 1. The van der Waals surface area contributed by atoms with E-state index in [4.69, 9.17) is 14.2 Å². The Bertz CT molecular complexity index is 708. The molecule has 8 nitrogen and oxygen atoms in total. The second-order valence-electron chi connectivity index (χ2n) is 8.31. The molecule has 0 spiro atoms. The topological polar surface area (TPSA) is 94.2 Å². The SMILES string of the molecule is C[C@H](OC(=O)NCc1ccccc1)C(=O)N1CCC(OCC(=O)OC(C)(C)C)CC1. The summed E-state index contributed by atoms with van der Waals surface area (Å²) in [7, 11) is 0. The van der Waals surface area contributed by atoms with E-state index in [-0.39, 0.29) is 18.6 Å².